The van der Waals surface area contributed by atoms with Gasteiger partial charge in [-0.1, -0.05) is 17.3 Å². The van der Waals surface area contributed by atoms with Gasteiger partial charge in [0.15, 0.2) is 17.5 Å². The topological polar surface area (TPSA) is 102 Å². The largest absolute Gasteiger partial charge is 0.393 e. The van der Waals surface area contributed by atoms with Crippen molar-refractivity contribution in [3.63, 3.8) is 0 Å². The number of aromatic nitrogens is 3. The van der Waals surface area contributed by atoms with Gasteiger partial charge in [-0.3, -0.25) is 0 Å². The SMILES string of the molecule is Cc1cc(Nc2ncnc(NCc3ccc(F)cc3)c2N)no1. The van der Waals surface area contributed by atoms with E-state index in [1.165, 1.54) is 18.5 Å². The molecule has 0 bridgehead atoms. The molecule has 0 aliphatic carbocycles. The summed E-state index contributed by atoms with van der Waals surface area (Å²) in [6.07, 6.45) is 1.39. The fourth-order valence-electron chi connectivity index (χ4n) is 1.97. The Morgan fingerprint density at radius 2 is 1.91 bits per heavy atom. The van der Waals surface area contributed by atoms with E-state index in [1.807, 2.05) is 0 Å². The summed E-state index contributed by atoms with van der Waals surface area (Å²) in [4.78, 5) is 8.20. The van der Waals surface area contributed by atoms with Gasteiger partial charge in [0.05, 0.1) is 0 Å². The predicted octanol–water partition coefficient (Wildman–Crippen LogP) is 2.85. The van der Waals surface area contributed by atoms with E-state index < -0.39 is 0 Å². The van der Waals surface area contributed by atoms with Gasteiger partial charge in [0.1, 0.15) is 23.6 Å². The lowest BCUT2D eigenvalue weighted by molar-refractivity contribution is 0.400. The van der Waals surface area contributed by atoms with Crippen LogP contribution in [0.2, 0.25) is 0 Å². The van der Waals surface area contributed by atoms with Gasteiger partial charge in [-0.15, -0.1) is 0 Å². The summed E-state index contributed by atoms with van der Waals surface area (Å²) in [5, 5.41) is 9.89. The first-order chi connectivity index (χ1) is 11.1. The lowest BCUT2D eigenvalue weighted by Gasteiger charge is -2.11. The number of anilines is 4. The third kappa shape index (κ3) is 3.54. The first-order valence-electron chi connectivity index (χ1n) is 6.91. The van der Waals surface area contributed by atoms with Crippen molar-refractivity contribution >= 4 is 23.1 Å². The Hall–Kier alpha value is -3.16. The number of aryl methyl sites for hydroxylation is 1. The van der Waals surface area contributed by atoms with Crippen LogP contribution in [-0.4, -0.2) is 15.1 Å². The van der Waals surface area contributed by atoms with E-state index in [-0.39, 0.29) is 5.82 Å². The Morgan fingerprint density at radius 1 is 1.17 bits per heavy atom. The molecule has 23 heavy (non-hydrogen) atoms. The van der Waals surface area contributed by atoms with Crippen molar-refractivity contribution in [2.45, 2.75) is 13.5 Å². The number of nitrogens with zero attached hydrogens (tertiary/aromatic N) is 3. The van der Waals surface area contributed by atoms with Crippen molar-refractivity contribution in [2.24, 2.45) is 0 Å². The van der Waals surface area contributed by atoms with Crippen molar-refractivity contribution in [1.29, 1.82) is 0 Å². The maximum absolute atomic E-state index is 12.9. The molecular weight excluding hydrogens is 299 g/mol. The zero-order chi connectivity index (χ0) is 16.2. The minimum absolute atomic E-state index is 0.273. The fourth-order valence-corrected chi connectivity index (χ4v) is 1.97. The average molecular weight is 314 g/mol. The molecule has 0 atom stereocenters. The van der Waals surface area contributed by atoms with Gasteiger partial charge >= 0.3 is 0 Å². The molecule has 0 unspecified atom stereocenters. The Labute approximate surface area is 131 Å². The Balaban J connectivity index is 1.72. The maximum atomic E-state index is 12.9. The molecule has 0 radical (unpaired) electrons. The molecule has 0 spiro atoms. The predicted molar refractivity (Wildman–Crippen MR) is 84.7 cm³/mol. The summed E-state index contributed by atoms with van der Waals surface area (Å²) in [5.41, 5.74) is 7.32. The molecule has 118 valence electrons. The molecule has 0 amide bonds. The van der Waals surface area contributed by atoms with Crippen LogP contribution in [0.1, 0.15) is 11.3 Å². The molecule has 0 aliphatic rings. The number of nitrogen functional groups attached to an aromatic ring is 1. The van der Waals surface area contributed by atoms with Crippen LogP contribution >= 0.6 is 0 Å². The second-order valence-electron chi connectivity index (χ2n) is 4.91. The Bertz CT molecular complexity index is 802. The number of hydrogen-bond donors (Lipinski definition) is 3. The van der Waals surface area contributed by atoms with Gasteiger partial charge in [0.2, 0.25) is 0 Å². The van der Waals surface area contributed by atoms with E-state index in [0.717, 1.165) is 5.56 Å². The Kier molecular flexibility index (Phi) is 4.05. The summed E-state index contributed by atoms with van der Waals surface area (Å²) in [7, 11) is 0. The quantitative estimate of drug-likeness (QED) is 0.665. The summed E-state index contributed by atoms with van der Waals surface area (Å²) < 4.78 is 17.9. The van der Waals surface area contributed by atoms with Crippen molar-refractivity contribution in [3.8, 4) is 0 Å². The van der Waals surface area contributed by atoms with Crippen LogP contribution in [0.25, 0.3) is 0 Å². The van der Waals surface area contributed by atoms with E-state index in [0.29, 0.717) is 35.4 Å². The van der Waals surface area contributed by atoms with Crippen LogP contribution in [0.5, 0.6) is 0 Å². The first-order valence-corrected chi connectivity index (χ1v) is 6.91. The van der Waals surface area contributed by atoms with Crippen LogP contribution in [0.15, 0.2) is 41.2 Å². The van der Waals surface area contributed by atoms with E-state index >= 15 is 0 Å². The molecule has 0 fully saturated rings. The number of nitrogens with two attached hydrogens (primary N) is 1. The minimum Gasteiger partial charge on any atom is -0.393 e. The second-order valence-corrected chi connectivity index (χ2v) is 4.91. The Morgan fingerprint density at radius 3 is 2.61 bits per heavy atom. The molecule has 7 nitrogen and oxygen atoms in total. The number of hydrogen-bond acceptors (Lipinski definition) is 7. The van der Waals surface area contributed by atoms with E-state index in [9.17, 15) is 4.39 Å². The highest BCUT2D eigenvalue weighted by Gasteiger charge is 2.10. The fraction of sp³-hybridized carbons (Fsp3) is 0.133. The molecule has 8 heteroatoms. The van der Waals surface area contributed by atoms with E-state index in [2.05, 4.69) is 25.8 Å². The molecule has 0 saturated carbocycles. The highest BCUT2D eigenvalue weighted by Crippen LogP contribution is 2.25. The van der Waals surface area contributed by atoms with Crippen LogP contribution in [0, 0.1) is 12.7 Å². The minimum atomic E-state index is -0.273. The number of rotatable bonds is 5. The highest BCUT2D eigenvalue weighted by atomic mass is 19.1. The van der Waals surface area contributed by atoms with Gasteiger partial charge in [-0.05, 0) is 24.6 Å². The smallest absolute Gasteiger partial charge is 0.175 e. The van der Waals surface area contributed by atoms with Crippen molar-refractivity contribution in [2.75, 3.05) is 16.4 Å². The highest BCUT2D eigenvalue weighted by molar-refractivity contribution is 5.76. The normalized spacial score (nSPS) is 10.5. The average Bonchev–Trinajstić information content (AvgIpc) is 2.95. The molecule has 0 saturated heterocycles. The molecule has 0 aliphatic heterocycles. The standard InChI is InChI=1S/C15H15FN6O/c1-9-6-12(22-23-9)21-15-13(17)14(19-8-20-15)18-7-10-2-4-11(16)5-3-10/h2-6,8H,7,17H2,1H3,(H2,18,19,20,21,22). The van der Waals surface area contributed by atoms with Crippen LogP contribution in [-0.2, 0) is 6.54 Å². The summed E-state index contributed by atoms with van der Waals surface area (Å²) in [6.45, 7) is 2.25. The number of halogens is 1. The molecule has 2 aromatic heterocycles. The van der Waals surface area contributed by atoms with Crippen LogP contribution in [0.4, 0.5) is 27.5 Å². The van der Waals surface area contributed by atoms with E-state index in [1.54, 1.807) is 25.1 Å². The third-order valence-corrected chi connectivity index (χ3v) is 3.13. The van der Waals surface area contributed by atoms with Crippen molar-refractivity contribution in [1.82, 2.24) is 15.1 Å². The summed E-state index contributed by atoms with van der Waals surface area (Å²) in [6, 6.07) is 7.92. The maximum Gasteiger partial charge on any atom is 0.175 e. The number of benzene rings is 1. The van der Waals surface area contributed by atoms with E-state index in [4.69, 9.17) is 10.3 Å². The van der Waals surface area contributed by atoms with Gasteiger partial charge in [0, 0.05) is 12.6 Å². The molecule has 3 aromatic rings. The number of nitrogens with one attached hydrogen (secondary N) is 2. The lowest BCUT2D eigenvalue weighted by Crippen LogP contribution is -2.08. The summed E-state index contributed by atoms with van der Waals surface area (Å²) in [5.74, 6) is 1.82. The van der Waals surface area contributed by atoms with Crippen LogP contribution in [0.3, 0.4) is 0 Å². The molecule has 2 heterocycles. The third-order valence-electron chi connectivity index (χ3n) is 3.13. The van der Waals surface area contributed by atoms with Crippen molar-refractivity contribution in [3.05, 3.63) is 53.8 Å². The monoisotopic (exact) mass is 314 g/mol. The zero-order valence-electron chi connectivity index (χ0n) is 12.4. The van der Waals surface area contributed by atoms with Gasteiger partial charge in [-0.25, -0.2) is 14.4 Å². The first kappa shape index (κ1) is 14.8. The molecule has 1 aromatic carbocycles. The van der Waals surface area contributed by atoms with Crippen LogP contribution < -0.4 is 16.4 Å². The van der Waals surface area contributed by atoms with Crippen molar-refractivity contribution < 1.29 is 8.91 Å². The zero-order valence-corrected chi connectivity index (χ0v) is 12.4. The second kappa shape index (κ2) is 6.30. The molecular formula is C15H15FN6O. The summed E-state index contributed by atoms with van der Waals surface area (Å²) >= 11 is 0. The molecule has 3 rings (SSSR count). The van der Waals surface area contributed by atoms with Gasteiger partial charge in [0.25, 0.3) is 0 Å². The lowest BCUT2D eigenvalue weighted by atomic mass is 10.2. The van der Waals surface area contributed by atoms with Gasteiger partial charge < -0.3 is 20.9 Å². The van der Waals surface area contributed by atoms with Gasteiger partial charge in [-0.2, -0.15) is 0 Å². The molecule has 4 N–H and O–H groups in total.